The third-order valence-electron chi connectivity index (χ3n) is 5.00. The van der Waals surface area contributed by atoms with Gasteiger partial charge < -0.3 is 5.32 Å². The molecule has 0 atom stereocenters. The Morgan fingerprint density at radius 2 is 2.16 bits per heavy atom. The summed E-state index contributed by atoms with van der Waals surface area (Å²) in [5, 5.41) is 17.6. The van der Waals surface area contributed by atoms with Crippen molar-refractivity contribution in [2.75, 3.05) is 5.32 Å². The third-order valence-corrected chi connectivity index (χ3v) is 6.15. The van der Waals surface area contributed by atoms with Crippen LogP contribution in [0, 0.1) is 25.2 Å². The van der Waals surface area contributed by atoms with E-state index >= 15 is 0 Å². The summed E-state index contributed by atoms with van der Waals surface area (Å²) in [5.41, 5.74) is 4.72. The molecule has 156 valence electrons. The Hall–Kier alpha value is -3.28. The summed E-state index contributed by atoms with van der Waals surface area (Å²) >= 11 is 7.49. The summed E-state index contributed by atoms with van der Waals surface area (Å²) in [4.78, 5) is 22.4. The van der Waals surface area contributed by atoms with Crippen LogP contribution in [0.3, 0.4) is 0 Å². The molecule has 1 aromatic carbocycles. The minimum atomic E-state index is -0.110. The summed E-state index contributed by atoms with van der Waals surface area (Å²) in [5.74, 6) is -0.110. The van der Waals surface area contributed by atoms with Crippen LogP contribution in [0.4, 0.5) is 5.13 Å². The van der Waals surface area contributed by atoms with Crippen molar-refractivity contribution in [1.82, 2.24) is 19.6 Å². The van der Waals surface area contributed by atoms with Crippen molar-refractivity contribution in [2.24, 2.45) is 0 Å². The van der Waals surface area contributed by atoms with Gasteiger partial charge in [0.2, 0.25) is 5.91 Å². The first kappa shape index (κ1) is 21.0. The van der Waals surface area contributed by atoms with Crippen LogP contribution >= 0.6 is 22.9 Å². The van der Waals surface area contributed by atoms with Crippen LogP contribution in [-0.4, -0.2) is 25.5 Å². The van der Waals surface area contributed by atoms with Crippen molar-refractivity contribution in [3.63, 3.8) is 0 Å². The number of carbonyl (C=O) groups is 1. The first-order valence-electron chi connectivity index (χ1n) is 9.67. The number of nitrogens with zero attached hydrogens (tertiary/aromatic N) is 5. The fourth-order valence-corrected chi connectivity index (χ4v) is 4.54. The first-order valence-corrected chi connectivity index (χ1v) is 10.9. The van der Waals surface area contributed by atoms with E-state index in [9.17, 15) is 10.1 Å². The molecule has 0 aliphatic heterocycles. The van der Waals surface area contributed by atoms with Crippen molar-refractivity contribution < 1.29 is 4.79 Å². The van der Waals surface area contributed by atoms with Crippen LogP contribution in [0.25, 0.3) is 5.65 Å². The van der Waals surface area contributed by atoms with Crippen LogP contribution in [0.5, 0.6) is 0 Å². The highest BCUT2D eigenvalue weighted by Gasteiger charge is 2.15. The zero-order chi connectivity index (χ0) is 22.0. The van der Waals surface area contributed by atoms with Gasteiger partial charge in [-0.15, -0.1) is 11.3 Å². The molecule has 1 N–H and O–H groups in total. The smallest absolute Gasteiger partial charge is 0.226 e. The zero-order valence-corrected chi connectivity index (χ0v) is 18.6. The quantitative estimate of drug-likeness (QED) is 0.467. The molecule has 9 heteroatoms. The average molecular weight is 451 g/mol. The highest BCUT2D eigenvalue weighted by atomic mass is 35.5. The molecule has 0 bridgehead atoms. The number of carbonyl (C=O) groups excluding carboxylic acids is 1. The molecule has 0 radical (unpaired) electrons. The molecule has 0 aliphatic carbocycles. The average Bonchev–Trinajstić information content (AvgIpc) is 3.34. The van der Waals surface area contributed by atoms with E-state index in [4.69, 9.17) is 11.6 Å². The van der Waals surface area contributed by atoms with Gasteiger partial charge in [-0.05, 0) is 43.5 Å². The Morgan fingerprint density at radius 1 is 1.32 bits per heavy atom. The van der Waals surface area contributed by atoms with Gasteiger partial charge in [-0.2, -0.15) is 10.4 Å². The topological polar surface area (TPSA) is 96.0 Å². The molecule has 4 rings (SSSR count). The second-order valence-corrected chi connectivity index (χ2v) is 8.70. The Bertz CT molecular complexity index is 1320. The Kier molecular flexibility index (Phi) is 5.98. The van der Waals surface area contributed by atoms with E-state index in [1.165, 1.54) is 17.5 Å². The van der Waals surface area contributed by atoms with E-state index in [1.54, 1.807) is 10.7 Å². The number of nitrogens with one attached hydrogen (secondary N) is 1. The second-order valence-electron chi connectivity index (χ2n) is 7.15. The standard InChI is InChI=1S/C22H19ClN6OS/c1-13-19(14(2)29-21(27-13)16(10-24)11-26-29)6-7-20(30)28-22-25-12-18(31-22)9-15-4-3-5-17(23)8-15/h3-5,8,11-12H,6-7,9H2,1-2H3,(H,25,28,30). The lowest BCUT2D eigenvalue weighted by Gasteiger charge is -2.10. The maximum absolute atomic E-state index is 12.5. The number of halogens is 1. The number of rotatable bonds is 6. The zero-order valence-electron chi connectivity index (χ0n) is 17.0. The lowest BCUT2D eigenvalue weighted by molar-refractivity contribution is -0.116. The van der Waals surface area contributed by atoms with Gasteiger partial charge in [-0.1, -0.05) is 23.7 Å². The van der Waals surface area contributed by atoms with Crippen LogP contribution in [0.1, 0.15) is 39.4 Å². The Balaban J connectivity index is 1.40. The third kappa shape index (κ3) is 4.58. The summed E-state index contributed by atoms with van der Waals surface area (Å²) in [7, 11) is 0. The van der Waals surface area contributed by atoms with Crippen LogP contribution < -0.4 is 5.32 Å². The van der Waals surface area contributed by atoms with E-state index in [1.807, 2.05) is 38.1 Å². The van der Waals surface area contributed by atoms with Crippen molar-refractivity contribution in [3.05, 3.63) is 74.6 Å². The number of nitriles is 1. The fourth-order valence-electron chi connectivity index (χ4n) is 3.47. The largest absolute Gasteiger partial charge is 0.302 e. The van der Waals surface area contributed by atoms with Crippen molar-refractivity contribution in [3.8, 4) is 6.07 Å². The molecule has 3 heterocycles. The summed E-state index contributed by atoms with van der Waals surface area (Å²) in [6.45, 7) is 3.81. The minimum absolute atomic E-state index is 0.110. The lowest BCUT2D eigenvalue weighted by atomic mass is 10.1. The highest BCUT2D eigenvalue weighted by Crippen LogP contribution is 2.23. The van der Waals surface area contributed by atoms with Gasteiger partial charge in [0.1, 0.15) is 11.6 Å². The predicted molar refractivity (Wildman–Crippen MR) is 120 cm³/mol. The number of thiazole rings is 1. The van der Waals surface area contributed by atoms with Crippen LogP contribution in [-0.2, 0) is 17.6 Å². The number of aromatic nitrogens is 4. The molecule has 7 nitrogen and oxygen atoms in total. The number of benzene rings is 1. The van der Waals surface area contributed by atoms with Crippen LogP contribution in [0.15, 0.2) is 36.7 Å². The monoisotopic (exact) mass is 450 g/mol. The lowest BCUT2D eigenvalue weighted by Crippen LogP contribution is -2.14. The van der Waals surface area contributed by atoms with Gasteiger partial charge >= 0.3 is 0 Å². The van der Waals surface area contributed by atoms with Gasteiger partial charge in [0.25, 0.3) is 0 Å². The molecule has 31 heavy (non-hydrogen) atoms. The van der Waals surface area contributed by atoms with E-state index in [0.29, 0.717) is 40.6 Å². The first-order chi connectivity index (χ1) is 14.9. The molecule has 0 fully saturated rings. The number of fused-ring (bicyclic) bond motifs is 1. The summed E-state index contributed by atoms with van der Waals surface area (Å²) in [6.07, 6.45) is 4.82. The van der Waals surface area contributed by atoms with E-state index in [2.05, 4.69) is 26.5 Å². The van der Waals surface area contributed by atoms with Gasteiger partial charge in [0, 0.05) is 40.3 Å². The number of hydrogen-bond acceptors (Lipinski definition) is 6. The second kappa shape index (κ2) is 8.84. The van der Waals surface area contributed by atoms with Gasteiger partial charge in [0.05, 0.1) is 6.20 Å². The molecule has 0 spiro atoms. The Morgan fingerprint density at radius 3 is 2.94 bits per heavy atom. The molecule has 4 aromatic rings. The fraction of sp³-hybridized carbons (Fsp3) is 0.227. The van der Waals surface area contributed by atoms with Crippen molar-refractivity contribution >= 4 is 39.6 Å². The molecule has 0 unspecified atom stereocenters. The number of amides is 1. The molecule has 0 aliphatic rings. The maximum Gasteiger partial charge on any atom is 0.226 e. The number of anilines is 1. The van der Waals surface area contributed by atoms with E-state index in [0.717, 1.165) is 27.4 Å². The van der Waals surface area contributed by atoms with E-state index in [-0.39, 0.29) is 5.91 Å². The molecular weight excluding hydrogens is 432 g/mol. The highest BCUT2D eigenvalue weighted by molar-refractivity contribution is 7.15. The maximum atomic E-state index is 12.5. The Labute approximate surface area is 188 Å². The molecule has 0 saturated heterocycles. The van der Waals surface area contributed by atoms with Crippen molar-refractivity contribution in [1.29, 1.82) is 5.26 Å². The van der Waals surface area contributed by atoms with Crippen molar-refractivity contribution in [2.45, 2.75) is 33.1 Å². The number of aryl methyl sites for hydroxylation is 2. The van der Waals surface area contributed by atoms with Gasteiger partial charge in [0.15, 0.2) is 10.8 Å². The van der Waals surface area contributed by atoms with Gasteiger partial charge in [-0.3, -0.25) is 4.79 Å². The number of hydrogen-bond donors (Lipinski definition) is 1. The van der Waals surface area contributed by atoms with E-state index < -0.39 is 0 Å². The molecule has 3 aromatic heterocycles. The SMILES string of the molecule is Cc1nc2c(C#N)cnn2c(C)c1CCC(=O)Nc1ncc(Cc2cccc(Cl)c2)s1. The molecule has 0 saturated carbocycles. The molecule has 1 amide bonds. The molecular formula is C22H19ClN6OS. The minimum Gasteiger partial charge on any atom is -0.302 e. The summed E-state index contributed by atoms with van der Waals surface area (Å²) in [6, 6.07) is 9.80. The summed E-state index contributed by atoms with van der Waals surface area (Å²) < 4.78 is 1.65. The van der Waals surface area contributed by atoms with Gasteiger partial charge in [-0.25, -0.2) is 14.5 Å². The normalized spacial score (nSPS) is 10.9. The predicted octanol–water partition coefficient (Wildman–Crippen LogP) is 4.49. The van der Waals surface area contributed by atoms with Crippen LogP contribution in [0.2, 0.25) is 5.02 Å².